The molecule has 1 unspecified atom stereocenters. The Labute approximate surface area is 78.3 Å². The molecule has 1 heterocycles. The summed E-state index contributed by atoms with van der Waals surface area (Å²) in [6.07, 6.45) is 0. The number of rotatable bonds is 1. The highest BCUT2D eigenvalue weighted by atomic mass is 16.5. The van der Waals surface area contributed by atoms with Crippen LogP contribution >= 0.6 is 0 Å². The van der Waals surface area contributed by atoms with Gasteiger partial charge in [0.15, 0.2) is 0 Å². The van der Waals surface area contributed by atoms with Gasteiger partial charge in [-0.2, -0.15) is 0 Å². The van der Waals surface area contributed by atoms with Gasteiger partial charge < -0.3 is 4.74 Å². The third kappa shape index (κ3) is 1.57. The molecule has 0 aromatic heterocycles. The maximum atomic E-state index is 5.48. The molecule has 2 heteroatoms. The van der Waals surface area contributed by atoms with Gasteiger partial charge in [-0.3, -0.25) is 0 Å². The van der Waals surface area contributed by atoms with E-state index < -0.39 is 0 Å². The Morgan fingerprint density at radius 2 is 2.15 bits per heavy atom. The van der Waals surface area contributed by atoms with Gasteiger partial charge >= 0.3 is 0 Å². The van der Waals surface area contributed by atoms with E-state index in [1.165, 1.54) is 5.56 Å². The Morgan fingerprint density at radius 3 is 2.77 bits per heavy atom. The third-order valence-corrected chi connectivity index (χ3v) is 2.17. The number of nitrogens with zero attached hydrogens (tertiary/aromatic N) is 1. The van der Waals surface area contributed by atoms with Crippen molar-refractivity contribution in [3.8, 4) is 0 Å². The molecule has 68 valence electrons. The molecule has 0 amide bonds. The number of benzene rings is 1. The average molecular weight is 175 g/mol. The van der Waals surface area contributed by atoms with Crippen LogP contribution in [0.1, 0.15) is 18.1 Å². The van der Waals surface area contributed by atoms with Crippen molar-refractivity contribution in [1.29, 1.82) is 0 Å². The zero-order valence-electron chi connectivity index (χ0n) is 7.95. The van der Waals surface area contributed by atoms with Crippen molar-refractivity contribution in [2.24, 2.45) is 4.99 Å². The van der Waals surface area contributed by atoms with E-state index in [1.54, 1.807) is 0 Å². The summed E-state index contributed by atoms with van der Waals surface area (Å²) < 4.78 is 5.48. The van der Waals surface area contributed by atoms with E-state index in [1.807, 2.05) is 18.2 Å². The van der Waals surface area contributed by atoms with Crippen LogP contribution in [0.15, 0.2) is 29.3 Å². The molecule has 1 aliphatic heterocycles. The number of aliphatic imine (C=N–C) groups is 1. The second-order valence-electron chi connectivity index (χ2n) is 3.41. The summed E-state index contributed by atoms with van der Waals surface area (Å²) in [5.41, 5.74) is 2.34. The van der Waals surface area contributed by atoms with Crippen LogP contribution in [0.5, 0.6) is 0 Å². The van der Waals surface area contributed by atoms with E-state index in [2.05, 4.69) is 24.9 Å². The summed E-state index contributed by atoms with van der Waals surface area (Å²) >= 11 is 0. The Hall–Kier alpha value is -1.31. The molecule has 13 heavy (non-hydrogen) atoms. The Morgan fingerprint density at radius 1 is 1.38 bits per heavy atom. The SMILES string of the molecule is Cc1ccccc1C1=NC(C)CO1. The van der Waals surface area contributed by atoms with Gasteiger partial charge in [-0.25, -0.2) is 4.99 Å². The summed E-state index contributed by atoms with van der Waals surface area (Å²) in [4.78, 5) is 4.41. The predicted molar refractivity (Wildman–Crippen MR) is 53.1 cm³/mol. The smallest absolute Gasteiger partial charge is 0.216 e. The molecule has 2 rings (SSSR count). The first kappa shape index (κ1) is 8.30. The molecule has 0 bridgehead atoms. The highest BCUT2D eigenvalue weighted by Gasteiger charge is 2.16. The maximum absolute atomic E-state index is 5.48. The van der Waals surface area contributed by atoms with Crippen molar-refractivity contribution in [3.05, 3.63) is 35.4 Å². The fourth-order valence-corrected chi connectivity index (χ4v) is 1.43. The molecule has 1 aromatic rings. The number of ether oxygens (including phenoxy) is 1. The lowest BCUT2D eigenvalue weighted by molar-refractivity contribution is 0.324. The van der Waals surface area contributed by atoms with Crippen LogP contribution in [0, 0.1) is 6.92 Å². The standard InChI is InChI=1S/C11H13NO/c1-8-5-3-4-6-10(8)11-12-9(2)7-13-11/h3-6,9H,7H2,1-2H3. The predicted octanol–water partition coefficient (Wildman–Crippen LogP) is 2.16. The highest BCUT2D eigenvalue weighted by Crippen LogP contribution is 2.14. The summed E-state index contributed by atoms with van der Waals surface area (Å²) in [7, 11) is 0. The fourth-order valence-electron chi connectivity index (χ4n) is 1.43. The monoisotopic (exact) mass is 175 g/mol. The van der Waals surface area contributed by atoms with Crippen LogP contribution in [0.3, 0.4) is 0 Å². The molecule has 0 spiro atoms. The molecular formula is C11H13NO. The minimum Gasteiger partial charge on any atom is -0.475 e. The molecule has 0 fully saturated rings. The van der Waals surface area contributed by atoms with Gasteiger partial charge in [0.25, 0.3) is 0 Å². The van der Waals surface area contributed by atoms with Crippen LogP contribution in [0.2, 0.25) is 0 Å². The van der Waals surface area contributed by atoms with Crippen molar-refractivity contribution in [2.75, 3.05) is 6.61 Å². The van der Waals surface area contributed by atoms with Crippen molar-refractivity contribution in [2.45, 2.75) is 19.9 Å². The second kappa shape index (κ2) is 3.21. The first-order valence-corrected chi connectivity index (χ1v) is 4.54. The molecule has 0 radical (unpaired) electrons. The van der Waals surface area contributed by atoms with Gasteiger partial charge in [0.05, 0.1) is 6.04 Å². The molecular weight excluding hydrogens is 162 g/mol. The maximum Gasteiger partial charge on any atom is 0.216 e. The van der Waals surface area contributed by atoms with Gasteiger partial charge in [0.2, 0.25) is 5.90 Å². The highest BCUT2D eigenvalue weighted by molar-refractivity contribution is 5.96. The molecule has 0 saturated heterocycles. The van der Waals surface area contributed by atoms with E-state index >= 15 is 0 Å². The van der Waals surface area contributed by atoms with Gasteiger partial charge in [0, 0.05) is 5.56 Å². The summed E-state index contributed by atoms with van der Waals surface area (Å²) in [6, 6.07) is 8.46. The lowest BCUT2D eigenvalue weighted by Gasteiger charge is -2.03. The Kier molecular flexibility index (Phi) is 2.05. The molecule has 0 N–H and O–H groups in total. The van der Waals surface area contributed by atoms with Gasteiger partial charge in [0.1, 0.15) is 6.61 Å². The first-order chi connectivity index (χ1) is 6.27. The molecule has 0 saturated carbocycles. The van der Waals surface area contributed by atoms with Crippen LogP contribution in [-0.4, -0.2) is 18.5 Å². The number of hydrogen-bond donors (Lipinski definition) is 0. The van der Waals surface area contributed by atoms with Crippen molar-refractivity contribution < 1.29 is 4.74 Å². The van der Waals surface area contributed by atoms with Crippen LogP contribution in [-0.2, 0) is 4.74 Å². The van der Waals surface area contributed by atoms with E-state index in [4.69, 9.17) is 4.74 Å². The van der Waals surface area contributed by atoms with E-state index in [0.717, 1.165) is 11.5 Å². The van der Waals surface area contributed by atoms with Crippen LogP contribution in [0.4, 0.5) is 0 Å². The topological polar surface area (TPSA) is 21.6 Å². The number of hydrogen-bond acceptors (Lipinski definition) is 2. The third-order valence-electron chi connectivity index (χ3n) is 2.17. The minimum atomic E-state index is 0.301. The van der Waals surface area contributed by atoms with Crippen LogP contribution < -0.4 is 0 Å². The first-order valence-electron chi connectivity index (χ1n) is 4.54. The molecule has 1 atom stereocenters. The summed E-state index contributed by atoms with van der Waals surface area (Å²) in [6.45, 7) is 4.85. The van der Waals surface area contributed by atoms with E-state index in [9.17, 15) is 0 Å². The van der Waals surface area contributed by atoms with E-state index in [0.29, 0.717) is 12.6 Å². The quantitative estimate of drug-likeness (QED) is 0.641. The minimum absolute atomic E-state index is 0.301. The van der Waals surface area contributed by atoms with Gasteiger partial charge in [-0.15, -0.1) is 0 Å². The lowest BCUT2D eigenvalue weighted by atomic mass is 10.1. The van der Waals surface area contributed by atoms with Crippen LogP contribution in [0.25, 0.3) is 0 Å². The fraction of sp³-hybridized carbons (Fsp3) is 0.364. The van der Waals surface area contributed by atoms with Crippen molar-refractivity contribution >= 4 is 5.90 Å². The van der Waals surface area contributed by atoms with Crippen molar-refractivity contribution in [1.82, 2.24) is 0 Å². The Balaban J connectivity index is 2.36. The lowest BCUT2D eigenvalue weighted by Crippen LogP contribution is -2.03. The zero-order valence-corrected chi connectivity index (χ0v) is 7.95. The van der Waals surface area contributed by atoms with Gasteiger partial charge in [-0.1, -0.05) is 18.2 Å². The molecule has 0 aliphatic carbocycles. The molecule has 1 aliphatic rings. The largest absolute Gasteiger partial charge is 0.475 e. The average Bonchev–Trinajstić information content (AvgIpc) is 2.53. The molecule has 1 aromatic carbocycles. The Bertz CT molecular complexity index is 344. The van der Waals surface area contributed by atoms with Crippen molar-refractivity contribution in [3.63, 3.8) is 0 Å². The summed E-state index contributed by atoms with van der Waals surface area (Å²) in [5, 5.41) is 0. The molecule has 2 nitrogen and oxygen atoms in total. The second-order valence-corrected chi connectivity index (χ2v) is 3.41. The van der Waals surface area contributed by atoms with Gasteiger partial charge in [-0.05, 0) is 25.5 Å². The normalized spacial score (nSPS) is 21.1. The van der Waals surface area contributed by atoms with E-state index in [-0.39, 0.29) is 0 Å². The summed E-state index contributed by atoms with van der Waals surface area (Å²) in [5.74, 6) is 0.797. The zero-order chi connectivity index (χ0) is 9.26. The number of aryl methyl sites for hydroxylation is 1.